The highest BCUT2D eigenvalue weighted by Crippen LogP contribution is 2.14. The van der Waals surface area contributed by atoms with E-state index in [1.54, 1.807) is 0 Å². The first-order valence-corrected chi connectivity index (χ1v) is 5.46. The normalized spacial score (nSPS) is 20.6. The molecule has 1 aromatic heterocycles. The number of rotatable bonds is 2. The van der Waals surface area contributed by atoms with Crippen LogP contribution in [0.4, 0.5) is 5.82 Å². The molecule has 0 amide bonds. The average Bonchev–Trinajstić information content (AvgIpc) is 2.67. The molecule has 4 nitrogen and oxygen atoms in total. The Kier molecular flexibility index (Phi) is 2.86. The molecule has 1 aliphatic heterocycles. The van der Waals surface area contributed by atoms with Crippen molar-refractivity contribution < 1.29 is 0 Å². The summed E-state index contributed by atoms with van der Waals surface area (Å²) >= 11 is 0. The standard InChI is InChI=1S/C11H18N4/c1-7-8(2)14-11(9(3)13-7)15-10-4-5-12-6-10/h10,12H,4-6H2,1-3H3,(H,14,15). The molecule has 0 spiro atoms. The topological polar surface area (TPSA) is 49.8 Å². The van der Waals surface area contributed by atoms with Crippen LogP contribution in [0.5, 0.6) is 0 Å². The zero-order chi connectivity index (χ0) is 10.8. The highest BCUT2D eigenvalue weighted by molar-refractivity contribution is 5.42. The highest BCUT2D eigenvalue weighted by atomic mass is 15.1. The van der Waals surface area contributed by atoms with E-state index >= 15 is 0 Å². The maximum Gasteiger partial charge on any atom is 0.148 e. The van der Waals surface area contributed by atoms with E-state index in [-0.39, 0.29) is 0 Å². The predicted molar refractivity (Wildman–Crippen MR) is 61.1 cm³/mol. The largest absolute Gasteiger partial charge is 0.365 e. The van der Waals surface area contributed by atoms with E-state index in [0.29, 0.717) is 6.04 Å². The molecule has 1 saturated heterocycles. The van der Waals surface area contributed by atoms with E-state index in [4.69, 9.17) is 0 Å². The lowest BCUT2D eigenvalue weighted by atomic mass is 10.2. The van der Waals surface area contributed by atoms with Gasteiger partial charge in [-0.25, -0.2) is 4.98 Å². The summed E-state index contributed by atoms with van der Waals surface area (Å²) in [6, 6.07) is 0.500. The second-order valence-corrected chi connectivity index (χ2v) is 4.16. The van der Waals surface area contributed by atoms with Crippen LogP contribution in [0.3, 0.4) is 0 Å². The smallest absolute Gasteiger partial charge is 0.148 e. The minimum Gasteiger partial charge on any atom is -0.365 e. The molecule has 0 radical (unpaired) electrons. The van der Waals surface area contributed by atoms with Crippen LogP contribution in [0.15, 0.2) is 0 Å². The fourth-order valence-corrected chi connectivity index (χ4v) is 1.82. The molecule has 82 valence electrons. The second kappa shape index (κ2) is 4.14. The maximum absolute atomic E-state index is 4.53. The van der Waals surface area contributed by atoms with Crippen molar-refractivity contribution in [3.63, 3.8) is 0 Å². The Hall–Kier alpha value is -1.16. The molecule has 1 atom stereocenters. The van der Waals surface area contributed by atoms with Gasteiger partial charge in [-0.05, 0) is 33.7 Å². The number of anilines is 1. The first-order chi connectivity index (χ1) is 7.16. The minimum absolute atomic E-state index is 0.500. The van der Waals surface area contributed by atoms with Gasteiger partial charge in [-0.2, -0.15) is 0 Å². The molecule has 2 N–H and O–H groups in total. The lowest BCUT2D eigenvalue weighted by Crippen LogP contribution is -2.23. The van der Waals surface area contributed by atoms with Crippen molar-refractivity contribution in [3.05, 3.63) is 17.1 Å². The lowest BCUT2D eigenvalue weighted by molar-refractivity contribution is 0.781. The van der Waals surface area contributed by atoms with Crippen LogP contribution in [-0.2, 0) is 0 Å². The van der Waals surface area contributed by atoms with E-state index in [0.717, 1.165) is 42.4 Å². The quantitative estimate of drug-likeness (QED) is 0.763. The average molecular weight is 206 g/mol. The summed E-state index contributed by atoms with van der Waals surface area (Å²) in [6.07, 6.45) is 1.16. The van der Waals surface area contributed by atoms with Gasteiger partial charge in [0, 0.05) is 12.6 Å². The number of nitrogens with one attached hydrogen (secondary N) is 2. The highest BCUT2D eigenvalue weighted by Gasteiger charge is 2.16. The molecular weight excluding hydrogens is 188 g/mol. The molecule has 0 aromatic carbocycles. The van der Waals surface area contributed by atoms with Gasteiger partial charge in [-0.3, -0.25) is 4.98 Å². The van der Waals surface area contributed by atoms with Crippen LogP contribution >= 0.6 is 0 Å². The van der Waals surface area contributed by atoms with Gasteiger partial charge in [0.1, 0.15) is 5.82 Å². The monoisotopic (exact) mass is 206 g/mol. The van der Waals surface area contributed by atoms with Gasteiger partial charge in [-0.15, -0.1) is 0 Å². The number of hydrogen-bond donors (Lipinski definition) is 2. The second-order valence-electron chi connectivity index (χ2n) is 4.16. The number of aryl methyl sites for hydroxylation is 3. The van der Waals surface area contributed by atoms with Crippen molar-refractivity contribution in [1.29, 1.82) is 0 Å². The summed E-state index contributed by atoms with van der Waals surface area (Å²) < 4.78 is 0. The molecule has 2 heterocycles. The molecule has 0 bridgehead atoms. The summed E-state index contributed by atoms with van der Waals surface area (Å²) in [5.74, 6) is 0.937. The van der Waals surface area contributed by atoms with Crippen molar-refractivity contribution in [2.75, 3.05) is 18.4 Å². The van der Waals surface area contributed by atoms with Crippen LogP contribution in [0.2, 0.25) is 0 Å². The third-order valence-corrected chi connectivity index (χ3v) is 2.88. The molecule has 1 aliphatic rings. The van der Waals surface area contributed by atoms with E-state index in [1.165, 1.54) is 0 Å². The minimum atomic E-state index is 0.500. The third-order valence-electron chi connectivity index (χ3n) is 2.88. The van der Waals surface area contributed by atoms with Gasteiger partial charge >= 0.3 is 0 Å². The molecule has 0 saturated carbocycles. The first-order valence-electron chi connectivity index (χ1n) is 5.46. The van der Waals surface area contributed by atoms with Gasteiger partial charge in [0.2, 0.25) is 0 Å². The Bertz CT molecular complexity index is 356. The zero-order valence-corrected chi connectivity index (χ0v) is 9.59. The van der Waals surface area contributed by atoms with Crippen molar-refractivity contribution in [1.82, 2.24) is 15.3 Å². The van der Waals surface area contributed by atoms with Crippen molar-refractivity contribution >= 4 is 5.82 Å². The molecular formula is C11H18N4. The summed E-state index contributed by atoms with van der Waals surface area (Å²) in [6.45, 7) is 8.11. The van der Waals surface area contributed by atoms with Crippen LogP contribution in [-0.4, -0.2) is 29.1 Å². The van der Waals surface area contributed by atoms with Gasteiger partial charge < -0.3 is 10.6 Å². The van der Waals surface area contributed by atoms with Gasteiger partial charge in [0.25, 0.3) is 0 Å². The summed E-state index contributed by atoms with van der Waals surface area (Å²) in [4.78, 5) is 9.00. The van der Waals surface area contributed by atoms with Gasteiger partial charge in [0.15, 0.2) is 0 Å². The molecule has 1 fully saturated rings. The fourth-order valence-electron chi connectivity index (χ4n) is 1.82. The first kappa shape index (κ1) is 10.4. The Balaban J connectivity index is 2.16. The van der Waals surface area contributed by atoms with Crippen molar-refractivity contribution in [3.8, 4) is 0 Å². The van der Waals surface area contributed by atoms with Crippen molar-refractivity contribution in [2.45, 2.75) is 33.2 Å². The van der Waals surface area contributed by atoms with Crippen LogP contribution in [0.25, 0.3) is 0 Å². The summed E-state index contributed by atoms with van der Waals surface area (Å²) in [5.41, 5.74) is 3.02. The van der Waals surface area contributed by atoms with Gasteiger partial charge in [-0.1, -0.05) is 0 Å². The van der Waals surface area contributed by atoms with Crippen molar-refractivity contribution in [2.24, 2.45) is 0 Å². The van der Waals surface area contributed by atoms with E-state index in [2.05, 4.69) is 20.6 Å². The fraction of sp³-hybridized carbons (Fsp3) is 0.636. The maximum atomic E-state index is 4.53. The number of aromatic nitrogens is 2. The molecule has 1 aromatic rings. The van der Waals surface area contributed by atoms with Crippen LogP contribution in [0.1, 0.15) is 23.5 Å². The zero-order valence-electron chi connectivity index (χ0n) is 9.59. The predicted octanol–water partition coefficient (Wildman–Crippen LogP) is 1.18. The molecule has 2 rings (SSSR count). The molecule has 0 aliphatic carbocycles. The molecule has 15 heavy (non-hydrogen) atoms. The van der Waals surface area contributed by atoms with E-state index in [1.807, 2.05) is 20.8 Å². The SMILES string of the molecule is Cc1nc(C)c(NC2CCNC2)nc1C. The Morgan fingerprint density at radius 1 is 1.13 bits per heavy atom. The van der Waals surface area contributed by atoms with E-state index in [9.17, 15) is 0 Å². The van der Waals surface area contributed by atoms with E-state index < -0.39 is 0 Å². The lowest BCUT2D eigenvalue weighted by Gasteiger charge is -2.14. The molecule has 1 unspecified atom stereocenters. The Morgan fingerprint density at radius 3 is 2.53 bits per heavy atom. The number of nitrogens with zero attached hydrogens (tertiary/aromatic N) is 2. The summed E-state index contributed by atoms with van der Waals surface area (Å²) in [5, 5.41) is 6.77. The van der Waals surface area contributed by atoms with Crippen LogP contribution < -0.4 is 10.6 Å². The Labute approximate surface area is 90.5 Å². The summed E-state index contributed by atoms with van der Waals surface area (Å²) in [7, 11) is 0. The van der Waals surface area contributed by atoms with Crippen LogP contribution in [0, 0.1) is 20.8 Å². The third kappa shape index (κ3) is 2.26. The molecule has 4 heteroatoms. The Morgan fingerprint density at radius 2 is 1.87 bits per heavy atom. The van der Waals surface area contributed by atoms with Gasteiger partial charge in [0.05, 0.1) is 17.1 Å². The number of hydrogen-bond acceptors (Lipinski definition) is 4.